The third-order valence-corrected chi connectivity index (χ3v) is 5.64. The van der Waals surface area contributed by atoms with Crippen LogP contribution in [0.5, 0.6) is 0 Å². The fourth-order valence-corrected chi connectivity index (χ4v) is 3.86. The highest BCUT2D eigenvalue weighted by Crippen LogP contribution is 2.52. The van der Waals surface area contributed by atoms with Crippen molar-refractivity contribution in [1.29, 1.82) is 0 Å². The molecule has 0 bridgehead atoms. The minimum Gasteiger partial charge on any atom is -0.309 e. The predicted octanol–water partition coefficient (Wildman–Crippen LogP) is 3.51. The summed E-state index contributed by atoms with van der Waals surface area (Å²) in [5.41, 5.74) is 1.11. The molecule has 2 aromatic heterocycles. The number of hydrogen-bond donors (Lipinski definition) is 0. The van der Waals surface area contributed by atoms with Crippen LogP contribution in [-0.4, -0.2) is 38.4 Å². The average Bonchev–Trinajstić information content (AvgIpc) is 3.11. The van der Waals surface area contributed by atoms with E-state index in [1.165, 1.54) is 9.58 Å². The minimum absolute atomic E-state index is 0.00523. The molecule has 2 unspecified atom stereocenters. The highest BCUT2D eigenvalue weighted by atomic mass is 35.5. The van der Waals surface area contributed by atoms with Crippen LogP contribution in [0.2, 0.25) is 5.15 Å². The van der Waals surface area contributed by atoms with Crippen molar-refractivity contribution in [3.05, 3.63) is 35.9 Å². The van der Waals surface area contributed by atoms with Crippen LogP contribution in [-0.2, 0) is 20.7 Å². The van der Waals surface area contributed by atoms with Crippen molar-refractivity contribution in [3.63, 3.8) is 0 Å². The lowest BCUT2D eigenvalue weighted by molar-refractivity contribution is -0.118. The molecule has 27 heavy (non-hydrogen) atoms. The zero-order valence-electron chi connectivity index (χ0n) is 14.5. The van der Waals surface area contributed by atoms with E-state index in [9.17, 15) is 17.8 Å². The van der Waals surface area contributed by atoms with E-state index in [4.69, 9.17) is 11.6 Å². The maximum Gasteiger partial charge on any atom is 0.462 e. The molecule has 144 valence electrons. The molecule has 0 spiro atoms. The van der Waals surface area contributed by atoms with Gasteiger partial charge in [0, 0.05) is 36.2 Å². The van der Waals surface area contributed by atoms with Gasteiger partial charge in [0.05, 0.1) is 24.0 Å². The van der Waals surface area contributed by atoms with E-state index in [0.29, 0.717) is 17.9 Å². The standard InChI is InChI=1S/C17H18ClF2N4O2S/c1-2-23(15(25)6-5-14(27-26)12-8-17(12,19)20)13-10-24(22-16(13)18)11-4-3-7-21-9-11/h3-4,7,9-10,12,14H,2,5-6,8H2,1H3/q+1. The van der Waals surface area contributed by atoms with Crippen LogP contribution in [0.25, 0.3) is 5.69 Å². The Bertz CT molecular complexity index is 834. The zero-order chi connectivity index (χ0) is 19.6. The number of nitrogens with zero attached hydrogens (tertiary/aromatic N) is 4. The molecule has 3 rings (SSSR count). The Kier molecular flexibility index (Phi) is 5.81. The van der Waals surface area contributed by atoms with Gasteiger partial charge in [-0.05, 0) is 19.1 Å². The molecule has 10 heteroatoms. The second-order valence-corrected chi connectivity index (χ2v) is 7.50. The van der Waals surface area contributed by atoms with Crippen molar-refractivity contribution < 1.29 is 17.8 Å². The van der Waals surface area contributed by atoms with Gasteiger partial charge in [0.25, 0.3) is 5.92 Å². The lowest BCUT2D eigenvalue weighted by Gasteiger charge is -2.19. The van der Waals surface area contributed by atoms with Crippen molar-refractivity contribution >= 4 is 34.9 Å². The second kappa shape index (κ2) is 7.93. The first-order valence-corrected chi connectivity index (χ1v) is 9.68. The first kappa shape index (κ1) is 19.8. The van der Waals surface area contributed by atoms with Crippen molar-refractivity contribution in [2.24, 2.45) is 5.92 Å². The maximum atomic E-state index is 13.2. The molecule has 1 saturated carbocycles. The number of halogens is 3. The number of carbonyl (C=O) groups excluding carboxylic acids is 1. The van der Waals surface area contributed by atoms with Crippen molar-refractivity contribution in [3.8, 4) is 5.69 Å². The third kappa shape index (κ3) is 4.30. The van der Waals surface area contributed by atoms with Crippen LogP contribution in [0.1, 0.15) is 26.2 Å². The summed E-state index contributed by atoms with van der Waals surface area (Å²) < 4.78 is 39.0. The Morgan fingerprint density at radius 2 is 2.30 bits per heavy atom. The molecule has 1 aliphatic carbocycles. The lowest BCUT2D eigenvalue weighted by Crippen LogP contribution is -2.31. The number of hydrogen-bond acceptors (Lipinski definition) is 4. The van der Waals surface area contributed by atoms with Crippen LogP contribution in [0.4, 0.5) is 14.5 Å². The van der Waals surface area contributed by atoms with Crippen molar-refractivity contribution in [2.75, 3.05) is 11.4 Å². The van der Waals surface area contributed by atoms with Crippen molar-refractivity contribution in [1.82, 2.24) is 14.8 Å². The maximum absolute atomic E-state index is 13.2. The first-order chi connectivity index (χ1) is 12.9. The molecule has 2 atom stereocenters. The lowest BCUT2D eigenvalue weighted by atomic mass is 10.1. The number of aromatic nitrogens is 3. The van der Waals surface area contributed by atoms with Gasteiger partial charge < -0.3 is 4.90 Å². The van der Waals surface area contributed by atoms with Gasteiger partial charge >= 0.3 is 11.7 Å². The summed E-state index contributed by atoms with van der Waals surface area (Å²) in [6, 6.07) is 3.55. The molecule has 0 N–H and O–H groups in total. The molecule has 0 saturated heterocycles. The van der Waals surface area contributed by atoms with E-state index in [1.54, 1.807) is 37.6 Å². The topological polar surface area (TPSA) is 68.1 Å². The van der Waals surface area contributed by atoms with Gasteiger partial charge in [-0.1, -0.05) is 11.6 Å². The molecular formula is C17H18ClF2N4O2S+. The van der Waals surface area contributed by atoms with E-state index in [2.05, 4.69) is 10.1 Å². The van der Waals surface area contributed by atoms with Crippen LogP contribution >= 0.6 is 11.6 Å². The number of pyridine rings is 1. The molecular weight excluding hydrogens is 398 g/mol. The van der Waals surface area contributed by atoms with Crippen molar-refractivity contribution in [2.45, 2.75) is 37.4 Å². The molecule has 0 aliphatic heterocycles. The fraction of sp³-hybridized carbons (Fsp3) is 0.471. The van der Waals surface area contributed by atoms with Gasteiger partial charge in [-0.15, -0.1) is 0 Å². The number of rotatable bonds is 8. The van der Waals surface area contributed by atoms with E-state index in [0.717, 1.165) is 0 Å². The van der Waals surface area contributed by atoms with Gasteiger partial charge in [-0.25, -0.2) is 13.5 Å². The third-order valence-electron chi connectivity index (χ3n) is 4.56. The summed E-state index contributed by atoms with van der Waals surface area (Å²) >= 11 is 6.35. The zero-order valence-corrected chi connectivity index (χ0v) is 16.1. The highest BCUT2D eigenvalue weighted by Gasteiger charge is 2.65. The van der Waals surface area contributed by atoms with E-state index in [-0.39, 0.29) is 42.0 Å². The van der Waals surface area contributed by atoms with Gasteiger partial charge in [-0.3, -0.25) is 9.78 Å². The van der Waals surface area contributed by atoms with E-state index >= 15 is 0 Å². The van der Waals surface area contributed by atoms with Crippen LogP contribution in [0.15, 0.2) is 30.7 Å². The molecule has 2 aromatic rings. The molecule has 1 aliphatic rings. The average molecular weight is 416 g/mol. The largest absolute Gasteiger partial charge is 0.462 e. The smallest absolute Gasteiger partial charge is 0.309 e. The van der Waals surface area contributed by atoms with Gasteiger partial charge in [0.1, 0.15) is 5.69 Å². The first-order valence-electron chi connectivity index (χ1n) is 8.49. The highest BCUT2D eigenvalue weighted by molar-refractivity contribution is 7.66. The molecule has 2 heterocycles. The Labute approximate surface area is 164 Å². The Hall–Kier alpha value is -2.00. The SMILES string of the molecule is CCN(C(=O)CCC([S+]=O)C1CC1(F)F)c1cn(-c2cccnc2)nc1Cl. The summed E-state index contributed by atoms with van der Waals surface area (Å²) in [7, 11) is 0. The normalized spacial score (nSPS) is 18.7. The Morgan fingerprint density at radius 1 is 1.56 bits per heavy atom. The summed E-state index contributed by atoms with van der Waals surface area (Å²) in [5.74, 6) is -3.99. The van der Waals surface area contributed by atoms with Crippen LogP contribution in [0, 0.1) is 5.92 Å². The number of carbonyl (C=O) groups is 1. The summed E-state index contributed by atoms with van der Waals surface area (Å²) in [4.78, 5) is 18.1. The van der Waals surface area contributed by atoms with Gasteiger partial charge in [0.2, 0.25) is 11.2 Å². The monoisotopic (exact) mass is 415 g/mol. The number of alkyl halides is 2. The summed E-state index contributed by atoms with van der Waals surface area (Å²) in [6.45, 7) is 2.12. The number of amides is 1. The van der Waals surface area contributed by atoms with Crippen LogP contribution < -0.4 is 4.90 Å². The quantitative estimate of drug-likeness (QED) is 0.619. The van der Waals surface area contributed by atoms with E-state index in [1.807, 2.05) is 0 Å². The molecule has 6 nitrogen and oxygen atoms in total. The Morgan fingerprint density at radius 3 is 2.85 bits per heavy atom. The predicted molar refractivity (Wildman–Crippen MR) is 98.5 cm³/mol. The second-order valence-electron chi connectivity index (χ2n) is 6.34. The minimum atomic E-state index is -2.77. The van der Waals surface area contributed by atoms with Gasteiger partial charge in [-0.2, -0.15) is 5.10 Å². The summed E-state index contributed by atoms with van der Waals surface area (Å²) in [5, 5.41) is 3.58. The molecule has 0 radical (unpaired) electrons. The summed E-state index contributed by atoms with van der Waals surface area (Å²) in [6.07, 6.45) is 4.69. The molecule has 1 fully saturated rings. The Balaban J connectivity index is 1.70. The fourth-order valence-electron chi connectivity index (χ4n) is 2.98. The van der Waals surface area contributed by atoms with Gasteiger partial charge in [0.15, 0.2) is 5.15 Å². The number of anilines is 1. The van der Waals surface area contributed by atoms with E-state index < -0.39 is 17.1 Å². The molecule has 1 amide bonds. The molecule has 0 aromatic carbocycles. The van der Waals surface area contributed by atoms with Crippen LogP contribution in [0.3, 0.4) is 0 Å².